The zero-order valence-corrected chi connectivity index (χ0v) is 15.3. The molecule has 0 spiro atoms. The molecule has 2 aliphatic rings. The first-order valence-electron chi connectivity index (χ1n) is 9.62. The third-order valence-electron chi connectivity index (χ3n) is 5.59. The van der Waals surface area contributed by atoms with Crippen LogP contribution in [0.2, 0.25) is 0 Å². The lowest BCUT2D eigenvalue weighted by molar-refractivity contribution is -0.151. The van der Waals surface area contributed by atoms with Crippen LogP contribution < -0.4 is 0 Å². The predicted molar refractivity (Wildman–Crippen MR) is 100 cm³/mol. The van der Waals surface area contributed by atoms with Gasteiger partial charge in [-0.05, 0) is 37.0 Å². The molecule has 136 valence electrons. The van der Waals surface area contributed by atoms with Crippen LogP contribution in [0.3, 0.4) is 0 Å². The number of benzene rings is 1. The molecule has 1 saturated heterocycles. The molecule has 0 aromatic heterocycles. The smallest absolute Gasteiger partial charge is 0.227 e. The van der Waals surface area contributed by atoms with E-state index in [1.54, 1.807) is 4.90 Å². The molecule has 1 heterocycles. The summed E-state index contributed by atoms with van der Waals surface area (Å²) in [6.45, 7) is 1.99. The number of aliphatic hydroxyl groups excluding tert-OH is 1. The standard InChI is InChI=1S/C22H26N2O2/c1-2-3-4-7-16-10-12-17(13-11-16)21-19(14-23)24(20(21)15-25)22(26)18-8-5-6-9-18/h10-13,18-21,25H,2-3,5-6,8-9,15H2,1H3/t19-,20+,21-/m0/s1. The third kappa shape index (κ3) is 3.48. The normalized spacial score (nSPS) is 25.1. The van der Waals surface area contributed by atoms with Crippen LogP contribution in [-0.2, 0) is 4.79 Å². The number of unbranched alkanes of at least 4 members (excludes halogenated alkanes) is 1. The van der Waals surface area contributed by atoms with Crippen molar-refractivity contribution in [2.75, 3.05) is 6.61 Å². The van der Waals surface area contributed by atoms with Gasteiger partial charge in [-0.2, -0.15) is 5.26 Å². The molecule has 0 unspecified atom stereocenters. The van der Waals surface area contributed by atoms with Crippen LogP contribution in [-0.4, -0.2) is 34.6 Å². The van der Waals surface area contributed by atoms with Crippen LogP contribution >= 0.6 is 0 Å². The number of hydrogen-bond donors (Lipinski definition) is 1. The number of carbonyl (C=O) groups excluding carboxylic acids is 1. The van der Waals surface area contributed by atoms with Crippen LogP contribution in [0.25, 0.3) is 0 Å². The first-order valence-corrected chi connectivity index (χ1v) is 9.62. The second-order valence-corrected chi connectivity index (χ2v) is 7.25. The van der Waals surface area contributed by atoms with Crippen molar-refractivity contribution in [2.45, 2.75) is 63.5 Å². The summed E-state index contributed by atoms with van der Waals surface area (Å²) >= 11 is 0. The fourth-order valence-electron chi connectivity index (χ4n) is 4.17. The van der Waals surface area contributed by atoms with E-state index < -0.39 is 6.04 Å². The monoisotopic (exact) mass is 350 g/mol. The molecule has 4 nitrogen and oxygen atoms in total. The van der Waals surface area contributed by atoms with Gasteiger partial charge in [0.15, 0.2) is 0 Å². The molecule has 4 heteroatoms. The zero-order valence-electron chi connectivity index (χ0n) is 15.3. The van der Waals surface area contributed by atoms with E-state index in [1.165, 1.54) is 0 Å². The Kier molecular flexibility index (Phi) is 5.96. The number of carbonyl (C=O) groups is 1. The molecule has 1 saturated carbocycles. The van der Waals surface area contributed by atoms with E-state index in [0.29, 0.717) is 0 Å². The number of nitriles is 1. The topological polar surface area (TPSA) is 64.3 Å². The number of hydrogen-bond acceptors (Lipinski definition) is 3. The fourth-order valence-corrected chi connectivity index (χ4v) is 4.17. The maximum absolute atomic E-state index is 12.8. The minimum Gasteiger partial charge on any atom is -0.394 e. The molecule has 26 heavy (non-hydrogen) atoms. The Bertz CT molecular complexity index is 732. The van der Waals surface area contributed by atoms with Crippen molar-refractivity contribution in [3.63, 3.8) is 0 Å². The molecule has 1 aromatic rings. The van der Waals surface area contributed by atoms with Crippen molar-refractivity contribution in [3.8, 4) is 17.9 Å². The van der Waals surface area contributed by atoms with Crippen molar-refractivity contribution >= 4 is 5.91 Å². The molecule has 1 N–H and O–H groups in total. The van der Waals surface area contributed by atoms with Crippen molar-refractivity contribution < 1.29 is 9.90 Å². The molecule has 0 radical (unpaired) electrons. The summed E-state index contributed by atoms with van der Waals surface area (Å²) in [5.74, 6) is 6.20. The van der Waals surface area contributed by atoms with Gasteiger partial charge in [-0.1, -0.05) is 43.7 Å². The first-order chi connectivity index (χ1) is 12.7. The van der Waals surface area contributed by atoms with E-state index in [9.17, 15) is 15.2 Å². The molecule has 1 amide bonds. The van der Waals surface area contributed by atoms with Gasteiger partial charge in [0.2, 0.25) is 5.91 Å². The Morgan fingerprint density at radius 3 is 2.54 bits per heavy atom. The van der Waals surface area contributed by atoms with Crippen LogP contribution in [0.1, 0.15) is 62.5 Å². The van der Waals surface area contributed by atoms with Gasteiger partial charge in [0.25, 0.3) is 0 Å². The highest BCUT2D eigenvalue weighted by molar-refractivity contribution is 5.82. The van der Waals surface area contributed by atoms with E-state index >= 15 is 0 Å². The lowest BCUT2D eigenvalue weighted by Gasteiger charge is -2.52. The maximum Gasteiger partial charge on any atom is 0.227 e. The fraction of sp³-hybridized carbons (Fsp3) is 0.545. The summed E-state index contributed by atoms with van der Waals surface area (Å²) in [6.07, 6.45) is 5.89. The molecular formula is C22H26N2O2. The summed E-state index contributed by atoms with van der Waals surface area (Å²) < 4.78 is 0. The summed E-state index contributed by atoms with van der Waals surface area (Å²) in [5.41, 5.74) is 1.95. The number of rotatable bonds is 4. The quantitative estimate of drug-likeness (QED) is 0.848. The summed E-state index contributed by atoms with van der Waals surface area (Å²) in [4.78, 5) is 14.4. The molecule has 0 bridgehead atoms. The third-order valence-corrected chi connectivity index (χ3v) is 5.59. The number of amides is 1. The Morgan fingerprint density at radius 1 is 1.27 bits per heavy atom. The van der Waals surface area contributed by atoms with Crippen LogP contribution in [0, 0.1) is 29.1 Å². The van der Waals surface area contributed by atoms with Crippen LogP contribution in [0.4, 0.5) is 0 Å². The molecule has 1 aliphatic carbocycles. The average molecular weight is 350 g/mol. The highest BCUT2D eigenvalue weighted by Crippen LogP contribution is 2.42. The zero-order chi connectivity index (χ0) is 18.5. The van der Waals surface area contributed by atoms with Crippen LogP contribution in [0.5, 0.6) is 0 Å². The summed E-state index contributed by atoms with van der Waals surface area (Å²) in [6, 6.07) is 9.38. The SMILES string of the molecule is CCCC#Cc1ccc([C@@H]2[C@@H](CO)N(C(=O)C3CCCC3)[C@H]2C#N)cc1. The van der Waals surface area contributed by atoms with E-state index in [1.807, 2.05) is 24.3 Å². The minimum absolute atomic E-state index is 0.0251. The van der Waals surface area contributed by atoms with Crippen LogP contribution in [0.15, 0.2) is 24.3 Å². The van der Waals surface area contributed by atoms with E-state index in [4.69, 9.17) is 0 Å². The van der Waals surface area contributed by atoms with Gasteiger partial charge in [-0.15, -0.1) is 0 Å². The number of likely N-dealkylation sites (tertiary alicyclic amines) is 1. The molecule has 3 rings (SSSR count). The molecule has 2 fully saturated rings. The number of nitrogens with zero attached hydrogens (tertiary/aromatic N) is 2. The average Bonchev–Trinajstić information content (AvgIpc) is 3.18. The molecule has 1 aliphatic heterocycles. The minimum atomic E-state index is -0.489. The Balaban J connectivity index is 1.76. The van der Waals surface area contributed by atoms with Gasteiger partial charge in [0.1, 0.15) is 6.04 Å². The van der Waals surface area contributed by atoms with Crippen molar-refractivity contribution in [2.24, 2.45) is 5.92 Å². The largest absolute Gasteiger partial charge is 0.394 e. The lowest BCUT2D eigenvalue weighted by Crippen LogP contribution is -2.66. The molecule has 3 atom stereocenters. The highest BCUT2D eigenvalue weighted by Gasteiger charge is 2.52. The van der Waals surface area contributed by atoms with Gasteiger partial charge >= 0.3 is 0 Å². The summed E-state index contributed by atoms with van der Waals surface area (Å²) in [5, 5.41) is 19.5. The lowest BCUT2D eigenvalue weighted by atomic mass is 9.75. The summed E-state index contributed by atoms with van der Waals surface area (Å²) in [7, 11) is 0. The van der Waals surface area contributed by atoms with Gasteiger partial charge in [0, 0.05) is 23.8 Å². The second-order valence-electron chi connectivity index (χ2n) is 7.25. The Morgan fingerprint density at radius 2 is 1.96 bits per heavy atom. The van der Waals surface area contributed by atoms with Crippen molar-refractivity contribution in [1.29, 1.82) is 5.26 Å². The van der Waals surface area contributed by atoms with E-state index in [0.717, 1.165) is 49.7 Å². The van der Waals surface area contributed by atoms with E-state index in [2.05, 4.69) is 24.8 Å². The highest BCUT2D eigenvalue weighted by atomic mass is 16.3. The predicted octanol–water partition coefficient (Wildman–Crippen LogP) is 3.21. The van der Waals surface area contributed by atoms with Crippen molar-refractivity contribution in [1.82, 2.24) is 4.90 Å². The Labute approximate surface area is 155 Å². The molecule has 1 aromatic carbocycles. The van der Waals surface area contributed by atoms with E-state index in [-0.39, 0.29) is 30.4 Å². The first kappa shape index (κ1) is 18.5. The van der Waals surface area contributed by atoms with Gasteiger partial charge in [-0.25, -0.2) is 0 Å². The molecular weight excluding hydrogens is 324 g/mol. The Hall–Kier alpha value is -2.30. The number of aliphatic hydroxyl groups is 1. The van der Waals surface area contributed by atoms with Crippen molar-refractivity contribution in [3.05, 3.63) is 35.4 Å². The second kappa shape index (κ2) is 8.39. The van der Waals surface area contributed by atoms with Gasteiger partial charge < -0.3 is 10.0 Å². The van der Waals surface area contributed by atoms with Gasteiger partial charge in [-0.3, -0.25) is 4.79 Å². The van der Waals surface area contributed by atoms with Gasteiger partial charge in [0.05, 0.1) is 18.7 Å². The maximum atomic E-state index is 12.8.